The van der Waals surface area contributed by atoms with E-state index < -0.39 is 23.3 Å². The van der Waals surface area contributed by atoms with E-state index in [1.807, 2.05) is 0 Å². The highest BCUT2D eigenvalue weighted by Crippen LogP contribution is 2.46. The number of rotatable bonds is 1. The molecule has 4 rings (SSSR count). The number of carbonyl (C=O) groups excluding carboxylic acids is 3. The van der Waals surface area contributed by atoms with Gasteiger partial charge < -0.3 is 9.47 Å². The Morgan fingerprint density at radius 3 is 2.57 bits per heavy atom. The minimum absolute atomic E-state index is 0.112. The first kappa shape index (κ1) is 12.2. The predicted octanol–water partition coefficient (Wildman–Crippen LogP) is 1.17. The number of nitrogens with one attached hydrogen (secondary N) is 1. The van der Waals surface area contributed by atoms with Gasteiger partial charge in [0.05, 0.1) is 5.69 Å². The molecule has 2 heterocycles. The first-order valence-electron chi connectivity index (χ1n) is 6.71. The molecule has 1 saturated carbocycles. The largest absolute Gasteiger partial charge is 0.454 e. The summed E-state index contributed by atoms with van der Waals surface area (Å²) in [4.78, 5) is 37.6. The molecule has 0 unspecified atom stereocenters. The third kappa shape index (κ3) is 1.51. The second-order valence-corrected chi connectivity index (χ2v) is 5.37. The summed E-state index contributed by atoms with van der Waals surface area (Å²) in [5, 5.41) is 2.27. The Balaban J connectivity index is 1.75. The van der Waals surface area contributed by atoms with Crippen LogP contribution >= 0.6 is 0 Å². The maximum Gasteiger partial charge on any atom is 0.335 e. The van der Waals surface area contributed by atoms with Gasteiger partial charge in [0.25, 0.3) is 5.91 Å². The Kier molecular flexibility index (Phi) is 2.30. The van der Waals surface area contributed by atoms with Crippen molar-refractivity contribution in [2.45, 2.75) is 19.3 Å². The van der Waals surface area contributed by atoms with Gasteiger partial charge in [-0.2, -0.15) is 0 Å². The average molecular weight is 288 g/mol. The normalized spacial score (nSPS) is 22.3. The summed E-state index contributed by atoms with van der Waals surface area (Å²) in [6.07, 6.45) is 1.76. The van der Waals surface area contributed by atoms with Crippen molar-refractivity contribution < 1.29 is 23.9 Å². The zero-order valence-electron chi connectivity index (χ0n) is 11.0. The number of benzene rings is 1. The van der Waals surface area contributed by atoms with Gasteiger partial charge in [-0.05, 0) is 25.0 Å². The Morgan fingerprint density at radius 2 is 1.86 bits per heavy atom. The van der Waals surface area contributed by atoms with Crippen molar-refractivity contribution in [2.75, 3.05) is 11.7 Å². The lowest BCUT2D eigenvalue weighted by Gasteiger charge is -2.44. The predicted molar refractivity (Wildman–Crippen MR) is 69.9 cm³/mol. The van der Waals surface area contributed by atoms with Crippen molar-refractivity contribution in [1.29, 1.82) is 0 Å². The van der Waals surface area contributed by atoms with Crippen LogP contribution in [0.1, 0.15) is 19.3 Å². The molecule has 1 aromatic rings. The molecule has 4 amide bonds. The summed E-state index contributed by atoms with van der Waals surface area (Å²) in [5.74, 6) is 0.104. The van der Waals surface area contributed by atoms with Gasteiger partial charge in [-0.15, -0.1) is 0 Å². The number of ether oxygens (including phenoxy) is 2. The summed E-state index contributed by atoms with van der Waals surface area (Å²) in [7, 11) is 0. The van der Waals surface area contributed by atoms with Crippen LogP contribution in [-0.2, 0) is 9.59 Å². The number of nitrogens with zero attached hydrogens (tertiary/aromatic N) is 1. The van der Waals surface area contributed by atoms with Gasteiger partial charge >= 0.3 is 6.03 Å². The molecule has 0 radical (unpaired) electrons. The third-order valence-corrected chi connectivity index (χ3v) is 4.29. The molecule has 1 N–H and O–H groups in total. The molecule has 7 nitrogen and oxygen atoms in total. The number of hydrogen-bond donors (Lipinski definition) is 1. The summed E-state index contributed by atoms with van der Waals surface area (Å²) in [5.41, 5.74) is -0.704. The lowest BCUT2D eigenvalue weighted by atomic mass is 9.66. The number of hydrogen-bond acceptors (Lipinski definition) is 5. The molecule has 0 aromatic heterocycles. The van der Waals surface area contributed by atoms with Gasteiger partial charge in [0.2, 0.25) is 12.7 Å². The molecule has 0 bridgehead atoms. The summed E-state index contributed by atoms with van der Waals surface area (Å²) in [6.45, 7) is 0.112. The highest BCUT2D eigenvalue weighted by Gasteiger charge is 2.57. The van der Waals surface area contributed by atoms with Gasteiger partial charge in [-0.1, -0.05) is 6.42 Å². The lowest BCUT2D eigenvalue weighted by molar-refractivity contribution is -0.148. The minimum Gasteiger partial charge on any atom is -0.454 e. The maximum atomic E-state index is 12.6. The Bertz CT molecular complexity index is 680. The second-order valence-electron chi connectivity index (χ2n) is 5.37. The second kappa shape index (κ2) is 3.97. The van der Waals surface area contributed by atoms with Crippen LogP contribution in [0.2, 0.25) is 0 Å². The smallest absolute Gasteiger partial charge is 0.335 e. The molecule has 1 saturated heterocycles. The first-order valence-corrected chi connectivity index (χ1v) is 6.71. The van der Waals surface area contributed by atoms with E-state index >= 15 is 0 Å². The number of urea groups is 1. The van der Waals surface area contributed by atoms with Crippen LogP contribution in [0.3, 0.4) is 0 Å². The zero-order chi connectivity index (χ0) is 14.6. The van der Waals surface area contributed by atoms with Crippen molar-refractivity contribution in [3.8, 4) is 11.5 Å². The Morgan fingerprint density at radius 1 is 1.10 bits per heavy atom. The summed E-state index contributed by atoms with van der Waals surface area (Å²) < 4.78 is 10.5. The number of imide groups is 2. The van der Waals surface area contributed by atoms with Crippen molar-refractivity contribution in [2.24, 2.45) is 5.41 Å². The standard InChI is InChI=1S/C14H12N2O5/c17-11-14(4-1-5-14)12(18)16(13(19)15-11)8-2-3-9-10(6-8)21-7-20-9/h2-3,6H,1,4-5,7H2,(H,15,17,19). The van der Waals surface area contributed by atoms with Gasteiger partial charge in [0, 0.05) is 6.07 Å². The minimum atomic E-state index is -1.08. The molecule has 1 spiro atoms. The van der Waals surface area contributed by atoms with E-state index in [1.54, 1.807) is 18.2 Å². The van der Waals surface area contributed by atoms with Gasteiger partial charge in [-0.25, -0.2) is 9.69 Å². The molecule has 2 aliphatic heterocycles. The molecule has 7 heteroatoms. The molecule has 3 aliphatic rings. The van der Waals surface area contributed by atoms with Crippen LogP contribution in [-0.4, -0.2) is 24.6 Å². The molecule has 2 fully saturated rings. The Hall–Kier alpha value is -2.57. The molecular weight excluding hydrogens is 276 g/mol. The average Bonchev–Trinajstić information content (AvgIpc) is 2.84. The zero-order valence-corrected chi connectivity index (χ0v) is 11.0. The van der Waals surface area contributed by atoms with Crippen molar-refractivity contribution in [3.63, 3.8) is 0 Å². The number of carbonyl (C=O) groups is 3. The van der Waals surface area contributed by atoms with E-state index in [4.69, 9.17) is 9.47 Å². The number of amides is 4. The third-order valence-electron chi connectivity index (χ3n) is 4.29. The number of fused-ring (bicyclic) bond motifs is 1. The van der Waals surface area contributed by atoms with Crippen molar-refractivity contribution in [3.05, 3.63) is 18.2 Å². The highest BCUT2D eigenvalue weighted by atomic mass is 16.7. The quantitative estimate of drug-likeness (QED) is 0.784. The topological polar surface area (TPSA) is 84.9 Å². The van der Waals surface area contributed by atoms with E-state index in [1.165, 1.54) is 0 Å². The van der Waals surface area contributed by atoms with E-state index in [2.05, 4.69) is 5.32 Å². The molecular formula is C14H12N2O5. The van der Waals surface area contributed by atoms with E-state index in [0.717, 1.165) is 11.3 Å². The number of anilines is 1. The SMILES string of the molecule is O=C1NC(=O)C2(CCC2)C(=O)N1c1ccc2c(c1)OCO2. The van der Waals surface area contributed by atoms with Crippen LogP contribution in [0, 0.1) is 5.41 Å². The fraction of sp³-hybridized carbons (Fsp3) is 0.357. The molecule has 21 heavy (non-hydrogen) atoms. The monoisotopic (exact) mass is 288 g/mol. The summed E-state index contributed by atoms with van der Waals surface area (Å²) in [6, 6.07) is 4.10. The van der Waals surface area contributed by atoms with Crippen LogP contribution in [0.5, 0.6) is 11.5 Å². The van der Waals surface area contributed by atoms with Crippen molar-refractivity contribution >= 4 is 23.5 Å². The fourth-order valence-corrected chi connectivity index (χ4v) is 2.91. The first-order chi connectivity index (χ1) is 10.1. The molecule has 1 aliphatic carbocycles. The molecule has 108 valence electrons. The van der Waals surface area contributed by atoms with E-state index in [0.29, 0.717) is 30.0 Å². The van der Waals surface area contributed by atoms with Crippen molar-refractivity contribution in [1.82, 2.24) is 5.32 Å². The highest BCUT2D eigenvalue weighted by molar-refractivity contribution is 6.30. The molecule has 0 atom stereocenters. The van der Waals surface area contributed by atoms with Gasteiger partial charge in [0.1, 0.15) is 5.41 Å². The Labute approximate surface area is 119 Å². The fourth-order valence-electron chi connectivity index (χ4n) is 2.91. The van der Waals surface area contributed by atoms with Crippen LogP contribution in [0.4, 0.5) is 10.5 Å². The lowest BCUT2D eigenvalue weighted by Crippen LogP contribution is -2.66. The number of barbiturate groups is 1. The molecule has 1 aromatic carbocycles. The van der Waals surface area contributed by atoms with Crippen LogP contribution < -0.4 is 19.7 Å². The van der Waals surface area contributed by atoms with Crippen LogP contribution in [0.25, 0.3) is 0 Å². The van der Waals surface area contributed by atoms with Gasteiger partial charge in [-0.3, -0.25) is 14.9 Å². The maximum absolute atomic E-state index is 12.6. The summed E-state index contributed by atoms with van der Waals surface area (Å²) >= 11 is 0. The van der Waals surface area contributed by atoms with E-state index in [-0.39, 0.29) is 6.79 Å². The van der Waals surface area contributed by atoms with Gasteiger partial charge in [0.15, 0.2) is 11.5 Å². The van der Waals surface area contributed by atoms with E-state index in [9.17, 15) is 14.4 Å². The van der Waals surface area contributed by atoms with Crippen LogP contribution in [0.15, 0.2) is 18.2 Å².